The maximum Gasteiger partial charge on any atom is 0.410 e. The molecule has 0 aliphatic carbocycles. The minimum atomic E-state index is -0.464. The number of amides is 1. The van der Waals surface area contributed by atoms with Gasteiger partial charge in [0.25, 0.3) is 0 Å². The van der Waals surface area contributed by atoms with E-state index in [4.69, 9.17) is 9.26 Å². The van der Waals surface area contributed by atoms with Crippen LogP contribution in [0.1, 0.15) is 78.4 Å². The number of likely N-dealkylation sites (tertiary alicyclic amines) is 2. The maximum absolute atomic E-state index is 12.7. The van der Waals surface area contributed by atoms with Crippen molar-refractivity contribution in [2.75, 3.05) is 13.1 Å². The van der Waals surface area contributed by atoms with E-state index in [0.717, 1.165) is 50.5 Å². The van der Waals surface area contributed by atoms with Crippen LogP contribution >= 0.6 is 0 Å². The van der Waals surface area contributed by atoms with Gasteiger partial charge in [0.1, 0.15) is 5.60 Å². The summed E-state index contributed by atoms with van der Waals surface area (Å²) >= 11 is 0. The van der Waals surface area contributed by atoms with E-state index in [9.17, 15) is 4.79 Å². The highest BCUT2D eigenvalue weighted by molar-refractivity contribution is 5.69. The van der Waals surface area contributed by atoms with Crippen LogP contribution in [0.2, 0.25) is 0 Å². The predicted molar refractivity (Wildman–Crippen MR) is 107 cm³/mol. The summed E-state index contributed by atoms with van der Waals surface area (Å²) in [6.45, 7) is 12.5. The summed E-state index contributed by atoms with van der Waals surface area (Å²) in [5, 5.41) is 4.19. The van der Waals surface area contributed by atoms with Crippen molar-refractivity contribution < 1.29 is 14.1 Å². The van der Waals surface area contributed by atoms with Gasteiger partial charge in [-0.1, -0.05) is 25.4 Å². The number of rotatable bonds is 5. The third-order valence-electron chi connectivity index (χ3n) is 5.47. The van der Waals surface area contributed by atoms with Crippen molar-refractivity contribution in [2.45, 2.75) is 97.4 Å². The van der Waals surface area contributed by atoms with Gasteiger partial charge in [0, 0.05) is 19.0 Å². The van der Waals surface area contributed by atoms with E-state index in [-0.39, 0.29) is 12.1 Å². The Hall–Kier alpha value is -1.63. The monoisotopic (exact) mass is 392 g/mol. The van der Waals surface area contributed by atoms with E-state index >= 15 is 0 Å². The summed E-state index contributed by atoms with van der Waals surface area (Å²) in [5.41, 5.74) is -0.464. The van der Waals surface area contributed by atoms with Crippen molar-refractivity contribution in [3.8, 4) is 0 Å². The summed E-state index contributed by atoms with van der Waals surface area (Å²) in [4.78, 5) is 21.7. The second-order valence-electron chi connectivity index (χ2n) is 9.62. The van der Waals surface area contributed by atoms with E-state index < -0.39 is 5.60 Å². The fourth-order valence-corrected chi connectivity index (χ4v) is 4.36. The van der Waals surface area contributed by atoms with Crippen LogP contribution in [0.4, 0.5) is 4.79 Å². The van der Waals surface area contributed by atoms with Gasteiger partial charge in [0.05, 0.1) is 12.6 Å². The Bertz CT molecular complexity index is 652. The molecular formula is C21H36N4O3. The van der Waals surface area contributed by atoms with Crippen molar-refractivity contribution >= 4 is 6.09 Å². The van der Waals surface area contributed by atoms with Gasteiger partial charge in [0.2, 0.25) is 5.89 Å². The zero-order chi connectivity index (χ0) is 20.3. The van der Waals surface area contributed by atoms with Crippen LogP contribution < -0.4 is 0 Å². The van der Waals surface area contributed by atoms with Gasteiger partial charge < -0.3 is 14.2 Å². The zero-order valence-corrected chi connectivity index (χ0v) is 18.1. The Balaban J connectivity index is 1.68. The SMILES string of the molecule is CC(C)Cc1nc(CN2CCCC[C@@H]2[C@H]2CCCN2C(=O)OC(C)(C)C)no1. The topological polar surface area (TPSA) is 71.7 Å². The molecule has 28 heavy (non-hydrogen) atoms. The van der Waals surface area contributed by atoms with E-state index in [2.05, 4.69) is 28.9 Å². The van der Waals surface area contributed by atoms with Crippen molar-refractivity contribution in [1.29, 1.82) is 0 Å². The number of nitrogens with zero attached hydrogens (tertiary/aromatic N) is 4. The zero-order valence-electron chi connectivity index (χ0n) is 18.1. The first kappa shape index (κ1) is 21.1. The van der Waals surface area contributed by atoms with Crippen LogP contribution in [0.5, 0.6) is 0 Å². The Morgan fingerprint density at radius 3 is 2.64 bits per heavy atom. The van der Waals surface area contributed by atoms with Crippen molar-refractivity contribution in [2.24, 2.45) is 5.92 Å². The molecule has 158 valence electrons. The van der Waals surface area contributed by atoms with Gasteiger partial charge >= 0.3 is 6.09 Å². The molecule has 3 rings (SSSR count). The van der Waals surface area contributed by atoms with E-state index in [1.165, 1.54) is 12.8 Å². The first-order valence-corrected chi connectivity index (χ1v) is 10.8. The second-order valence-corrected chi connectivity index (χ2v) is 9.62. The molecule has 0 bridgehead atoms. The molecule has 0 N–H and O–H groups in total. The van der Waals surface area contributed by atoms with E-state index in [1.807, 2.05) is 25.7 Å². The van der Waals surface area contributed by atoms with Crippen molar-refractivity contribution in [3.63, 3.8) is 0 Å². The summed E-state index contributed by atoms with van der Waals surface area (Å²) < 4.78 is 11.1. The normalized spacial score (nSPS) is 24.1. The quantitative estimate of drug-likeness (QED) is 0.754. The fraction of sp³-hybridized carbons (Fsp3) is 0.857. The molecule has 0 unspecified atom stereocenters. The van der Waals surface area contributed by atoms with Gasteiger partial charge in [-0.15, -0.1) is 0 Å². The van der Waals surface area contributed by atoms with Gasteiger partial charge in [-0.25, -0.2) is 4.79 Å². The highest BCUT2D eigenvalue weighted by Gasteiger charge is 2.40. The molecule has 7 nitrogen and oxygen atoms in total. The average Bonchev–Trinajstić information content (AvgIpc) is 3.23. The van der Waals surface area contributed by atoms with Gasteiger partial charge in [0.15, 0.2) is 5.82 Å². The molecule has 2 saturated heterocycles. The highest BCUT2D eigenvalue weighted by atomic mass is 16.6. The summed E-state index contributed by atoms with van der Waals surface area (Å²) in [5.74, 6) is 1.97. The van der Waals surface area contributed by atoms with Gasteiger partial charge in [-0.05, 0) is 58.9 Å². The number of hydrogen-bond acceptors (Lipinski definition) is 6. The molecule has 7 heteroatoms. The highest BCUT2D eigenvalue weighted by Crippen LogP contribution is 2.31. The third kappa shape index (κ3) is 5.46. The molecule has 2 atom stereocenters. The number of ether oxygens (including phenoxy) is 1. The Morgan fingerprint density at radius 2 is 1.93 bits per heavy atom. The summed E-state index contributed by atoms with van der Waals surface area (Å²) in [6, 6.07) is 0.535. The van der Waals surface area contributed by atoms with Crippen LogP contribution in [0.25, 0.3) is 0 Å². The molecule has 0 radical (unpaired) electrons. The van der Waals surface area contributed by atoms with E-state index in [1.54, 1.807) is 0 Å². The third-order valence-corrected chi connectivity index (χ3v) is 5.47. The lowest BCUT2D eigenvalue weighted by molar-refractivity contribution is 0.00600. The molecule has 2 fully saturated rings. The number of hydrogen-bond donors (Lipinski definition) is 0. The lowest BCUT2D eigenvalue weighted by Gasteiger charge is -2.41. The van der Waals surface area contributed by atoms with Crippen LogP contribution in [0.15, 0.2) is 4.52 Å². The molecule has 1 aromatic rings. The number of piperidine rings is 1. The average molecular weight is 393 g/mol. The lowest BCUT2D eigenvalue weighted by Crippen LogP contribution is -2.53. The molecule has 2 aliphatic rings. The molecule has 1 aromatic heterocycles. The van der Waals surface area contributed by atoms with Gasteiger partial charge in [-0.3, -0.25) is 4.90 Å². The molecular weight excluding hydrogens is 356 g/mol. The predicted octanol–water partition coefficient (Wildman–Crippen LogP) is 4.02. The number of carbonyl (C=O) groups is 1. The molecule has 0 aromatic carbocycles. The van der Waals surface area contributed by atoms with Crippen LogP contribution in [-0.2, 0) is 17.7 Å². The number of carbonyl (C=O) groups excluding carboxylic acids is 1. The van der Waals surface area contributed by atoms with Crippen LogP contribution in [0, 0.1) is 5.92 Å². The van der Waals surface area contributed by atoms with Crippen molar-refractivity contribution in [3.05, 3.63) is 11.7 Å². The molecule has 1 amide bonds. The molecule has 0 saturated carbocycles. The standard InChI is InChI=1S/C21H36N4O3/c1-15(2)13-19-22-18(23-28-19)14-24-11-7-6-9-16(24)17-10-8-12-25(17)20(26)27-21(3,4)5/h15-17H,6-14H2,1-5H3/t16-,17-/m1/s1. The summed E-state index contributed by atoms with van der Waals surface area (Å²) in [6.07, 6.45) is 6.17. The molecule has 3 heterocycles. The van der Waals surface area contributed by atoms with Crippen LogP contribution in [-0.4, -0.2) is 56.8 Å². The largest absolute Gasteiger partial charge is 0.444 e. The minimum Gasteiger partial charge on any atom is -0.444 e. The Labute approximate surface area is 168 Å². The summed E-state index contributed by atoms with van der Waals surface area (Å²) in [7, 11) is 0. The fourth-order valence-electron chi connectivity index (χ4n) is 4.36. The smallest absolute Gasteiger partial charge is 0.410 e. The maximum atomic E-state index is 12.7. The van der Waals surface area contributed by atoms with Crippen molar-refractivity contribution in [1.82, 2.24) is 19.9 Å². The number of aromatic nitrogens is 2. The van der Waals surface area contributed by atoms with Gasteiger partial charge in [-0.2, -0.15) is 4.98 Å². The first-order chi connectivity index (χ1) is 13.2. The molecule has 0 spiro atoms. The molecule has 2 aliphatic heterocycles. The second kappa shape index (κ2) is 8.80. The minimum absolute atomic E-state index is 0.181. The lowest BCUT2D eigenvalue weighted by atomic mass is 9.94. The first-order valence-electron chi connectivity index (χ1n) is 10.8. The Kier molecular flexibility index (Phi) is 6.63. The van der Waals surface area contributed by atoms with Crippen LogP contribution in [0.3, 0.4) is 0 Å². The Morgan fingerprint density at radius 1 is 1.18 bits per heavy atom. The van der Waals surface area contributed by atoms with E-state index in [0.29, 0.717) is 18.5 Å².